The number of imidazole rings is 1. The van der Waals surface area contributed by atoms with Crippen LogP contribution in [0, 0.1) is 0 Å². The number of benzene rings is 1. The third-order valence-corrected chi connectivity index (χ3v) is 4.63. The van der Waals surface area contributed by atoms with E-state index in [-0.39, 0.29) is 0 Å². The first kappa shape index (κ1) is 17.0. The Labute approximate surface area is 144 Å². The van der Waals surface area contributed by atoms with Crippen molar-refractivity contribution in [2.45, 2.75) is 38.4 Å². The molecule has 1 N–H and O–H groups in total. The van der Waals surface area contributed by atoms with E-state index in [2.05, 4.69) is 50.1 Å². The molecule has 1 aromatic heterocycles. The Kier molecular flexibility index (Phi) is 6.26. The Morgan fingerprint density at radius 2 is 2.00 bits per heavy atom. The molecule has 0 radical (unpaired) electrons. The van der Waals surface area contributed by atoms with Crippen molar-refractivity contribution in [3.8, 4) is 0 Å². The molecule has 1 saturated heterocycles. The summed E-state index contributed by atoms with van der Waals surface area (Å²) in [6.45, 7) is 5.06. The summed E-state index contributed by atoms with van der Waals surface area (Å²) < 4.78 is 7.32. The summed E-state index contributed by atoms with van der Waals surface area (Å²) in [5.74, 6) is 0.993. The summed E-state index contributed by atoms with van der Waals surface area (Å²) in [5, 5.41) is 3.63. The maximum absolute atomic E-state index is 5.13. The number of methoxy groups -OCH3 is 1. The molecule has 1 fully saturated rings. The zero-order valence-electron chi connectivity index (χ0n) is 14.5. The number of likely N-dealkylation sites (tertiary alicyclic amines) is 1. The number of anilines is 1. The lowest BCUT2D eigenvalue weighted by Crippen LogP contribution is -2.39. The topological polar surface area (TPSA) is 42.3 Å². The minimum absolute atomic E-state index is 0.514. The predicted octanol–water partition coefficient (Wildman–Crippen LogP) is 3.00. The van der Waals surface area contributed by atoms with Gasteiger partial charge >= 0.3 is 0 Å². The Morgan fingerprint density at radius 3 is 2.75 bits per heavy atom. The maximum atomic E-state index is 5.13. The van der Waals surface area contributed by atoms with Gasteiger partial charge < -0.3 is 14.6 Å². The second-order valence-electron chi connectivity index (χ2n) is 6.47. The quantitative estimate of drug-likeness (QED) is 0.757. The van der Waals surface area contributed by atoms with Gasteiger partial charge in [-0.15, -0.1) is 0 Å². The molecular formula is C19H28N4O. The number of aryl methyl sites for hydroxylation is 1. The van der Waals surface area contributed by atoms with Crippen molar-refractivity contribution in [3.63, 3.8) is 0 Å². The second-order valence-corrected chi connectivity index (χ2v) is 6.47. The van der Waals surface area contributed by atoms with Crippen molar-refractivity contribution in [3.05, 3.63) is 48.3 Å². The van der Waals surface area contributed by atoms with Crippen LogP contribution in [-0.4, -0.2) is 47.3 Å². The summed E-state index contributed by atoms with van der Waals surface area (Å²) in [6, 6.07) is 11.2. The highest BCUT2D eigenvalue weighted by molar-refractivity contribution is 5.28. The highest BCUT2D eigenvalue weighted by Gasteiger charge is 2.20. The number of hydrogen-bond donors (Lipinski definition) is 1. The van der Waals surface area contributed by atoms with Crippen LogP contribution in [0.1, 0.15) is 24.8 Å². The fourth-order valence-corrected chi connectivity index (χ4v) is 3.27. The van der Waals surface area contributed by atoms with E-state index < -0.39 is 0 Å². The van der Waals surface area contributed by atoms with Crippen LogP contribution in [0.15, 0.2) is 42.7 Å². The average molecular weight is 328 g/mol. The summed E-state index contributed by atoms with van der Waals surface area (Å²) in [4.78, 5) is 7.01. The van der Waals surface area contributed by atoms with E-state index >= 15 is 0 Å². The number of nitrogens with one attached hydrogen (secondary N) is 1. The maximum Gasteiger partial charge on any atom is 0.202 e. The van der Waals surface area contributed by atoms with E-state index in [0.717, 1.165) is 58.0 Å². The Bertz CT molecular complexity index is 590. The van der Waals surface area contributed by atoms with Crippen LogP contribution in [0.25, 0.3) is 0 Å². The number of hydrogen-bond acceptors (Lipinski definition) is 4. The smallest absolute Gasteiger partial charge is 0.202 e. The van der Waals surface area contributed by atoms with Crippen molar-refractivity contribution in [2.24, 2.45) is 0 Å². The van der Waals surface area contributed by atoms with E-state index in [1.807, 2.05) is 12.4 Å². The molecule has 2 heterocycles. The van der Waals surface area contributed by atoms with Crippen molar-refractivity contribution in [1.29, 1.82) is 0 Å². The molecule has 130 valence electrons. The molecule has 0 atom stereocenters. The second kappa shape index (κ2) is 8.85. The molecule has 0 amide bonds. The average Bonchev–Trinajstić information content (AvgIpc) is 3.05. The largest absolute Gasteiger partial charge is 0.385 e. The van der Waals surface area contributed by atoms with Gasteiger partial charge in [-0.1, -0.05) is 30.3 Å². The molecule has 1 aliphatic heterocycles. The lowest BCUT2D eigenvalue weighted by Gasteiger charge is -2.32. The van der Waals surface area contributed by atoms with E-state index in [1.54, 1.807) is 7.11 Å². The van der Waals surface area contributed by atoms with Gasteiger partial charge in [-0.05, 0) is 24.8 Å². The van der Waals surface area contributed by atoms with E-state index in [0.29, 0.717) is 6.04 Å². The normalized spacial score (nSPS) is 16.4. The standard InChI is InChI=1S/C19H28N4O/c1-24-15-5-11-23-14-10-20-19(23)21-18-8-12-22(13-9-18)16-17-6-3-2-4-7-17/h2-4,6-7,10,14,18H,5,8-9,11-13,15-16H2,1H3,(H,20,21). The molecule has 0 saturated carbocycles. The molecule has 1 aliphatic rings. The zero-order valence-corrected chi connectivity index (χ0v) is 14.5. The molecule has 0 aliphatic carbocycles. The molecule has 0 spiro atoms. The molecule has 5 nitrogen and oxygen atoms in total. The number of rotatable bonds is 8. The van der Waals surface area contributed by atoms with Crippen LogP contribution < -0.4 is 5.32 Å². The van der Waals surface area contributed by atoms with Crippen LogP contribution in [0.4, 0.5) is 5.95 Å². The minimum Gasteiger partial charge on any atom is -0.385 e. The monoisotopic (exact) mass is 328 g/mol. The summed E-state index contributed by atoms with van der Waals surface area (Å²) in [6.07, 6.45) is 7.26. The molecule has 2 aromatic rings. The fraction of sp³-hybridized carbons (Fsp3) is 0.526. The lowest BCUT2D eigenvalue weighted by atomic mass is 10.0. The first-order chi connectivity index (χ1) is 11.8. The van der Waals surface area contributed by atoms with E-state index in [1.165, 1.54) is 5.56 Å². The number of aromatic nitrogens is 2. The van der Waals surface area contributed by atoms with Gasteiger partial charge in [0.2, 0.25) is 5.95 Å². The van der Waals surface area contributed by atoms with Gasteiger partial charge in [0, 0.05) is 58.3 Å². The highest BCUT2D eigenvalue weighted by Crippen LogP contribution is 2.17. The Hall–Kier alpha value is -1.85. The number of piperidine rings is 1. The van der Waals surface area contributed by atoms with Crippen molar-refractivity contribution in [2.75, 3.05) is 32.1 Å². The van der Waals surface area contributed by atoms with Gasteiger partial charge in [-0.3, -0.25) is 4.90 Å². The molecule has 24 heavy (non-hydrogen) atoms. The molecule has 3 rings (SSSR count). The van der Waals surface area contributed by atoms with Gasteiger partial charge in [-0.2, -0.15) is 0 Å². The third kappa shape index (κ3) is 4.82. The minimum atomic E-state index is 0.514. The van der Waals surface area contributed by atoms with Crippen LogP contribution >= 0.6 is 0 Å². The lowest BCUT2D eigenvalue weighted by molar-refractivity contribution is 0.190. The Morgan fingerprint density at radius 1 is 1.21 bits per heavy atom. The SMILES string of the molecule is COCCCn1ccnc1NC1CCN(Cc2ccccc2)CC1. The molecule has 0 bridgehead atoms. The highest BCUT2D eigenvalue weighted by atomic mass is 16.5. The van der Waals surface area contributed by atoms with Crippen LogP contribution in [-0.2, 0) is 17.8 Å². The molecule has 1 aromatic carbocycles. The first-order valence-electron chi connectivity index (χ1n) is 8.88. The summed E-state index contributed by atoms with van der Waals surface area (Å²) in [5.41, 5.74) is 1.40. The number of ether oxygens (including phenoxy) is 1. The summed E-state index contributed by atoms with van der Waals surface area (Å²) in [7, 11) is 1.75. The van der Waals surface area contributed by atoms with Crippen molar-refractivity contribution in [1.82, 2.24) is 14.5 Å². The molecule has 0 unspecified atom stereocenters. The first-order valence-corrected chi connectivity index (χ1v) is 8.88. The van der Waals surface area contributed by atoms with E-state index in [9.17, 15) is 0 Å². The predicted molar refractivity (Wildman–Crippen MR) is 97.1 cm³/mol. The third-order valence-electron chi connectivity index (χ3n) is 4.63. The molecular weight excluding hydrogens is 300 g/mol. The van der Waals surface area contributed by atoms with Gasteiger partial charge in [0.15, 0.2) is 0 Å². The van der Waals surface area contributed by atoms with E-state index in [4.69, 9.17) is 4.74 Å². The van der Waals surface area contributed by atoms with Crippen LogP contribution in [0.5, 0.6) is 0 Å². The van der Waals surface area contributed by atoms with Crippen molar-refractivity contribution >= 4 is 5.95 Å². The zero-order chi connectivity index (χ0) is 16.6. The van der Waals surface area contributed by atoms with Crippen LogP contribution in [0.2, 0.25) is 0 Å². The van der Waals surface area contributed by atoms with Crippen molar-refractivity contribution < 1.29 is 4.74 Å². The Balaban J connectivity index is 1.45. The number of nitrogens with zero attached hydrogens (tertiary/aromatic N) is 3. The fourth-order valence-electron chi connectivity index (χ4n) is 3.27. The van der Waals surface area contributed by atoms with Crippen LogP contribution in [0.3, 0.4) is 0 Å². The molecule has 5 heteroatoms. The van der Waals surface area contributed by atoms with Gasteiger partial charge in [0.1, 0.15) is 0 Å². The van der Waals surface area contributed by atoms with Gasteiger partial charge in [0.25, 0.3) is 0 Å². The van der Waals surface area contributed by atoms with Gasteiger partial charge in [0.05, 0.1) is 0 Å². The summed E-state index contributed by atoms with van der Waals surface area (Å²) >= 11 is 0. The van der Waals surface area contributed by atoms with Gasteiger partial charge in [-0.25, -0.2) is 4.98 Å².